The summed E-state index contributed by atoms with van der Waals surface area (Å²) in [5, 5.41) is 18.6. The lowest BCUT2D eigenvalue weighted by atomic mass is 9.88. The Morgan fingerprint density at radius 1 is 1.53 bits per heavy atom. The molecule has 1 amide bonds. The predicted molar refractivity (Wildman–Crippen MR) is 69.1 cm³/mol. The first kappa shape index (κ1) is 16.1. The highest BCUT2D eigenvalue weighted by atomic mass is 16.3. The van der Waals surface area contributed by atoms with Gasteiger partial charge in [0.15, 0.2) is 0 Å². The predicted octanol–water partition coefficient (Wildman–Crippen LogP) is 0.658. The fourth-order valence-electron chi connectivity index (χ4n) is 1.42. The maximum atomic E-state index is 11.7. The smallest absolute Gasteiger partial charge is 0.225 e. The molecule has 5 N–H and O–H groups in total. The van der Waals surface area contributed by atoms with Crippen LogP contribution in [0.4, 0.5) is 0 Å². The molecule has 0 aliphatic carbocycles. The van der Waals surface area contributed by atoms with E-state index in [9.17, 15) is 4.79 Å². The summed E-state index contributed by atoms with van der Waals surface area (Å²) in [5.74, 6) is -0.0251. The Balaban J connectivity index is 3.68. The molecule has 0 aliphatic rings. The molecule has 0 saturated carbocycles. The molecular formula is C12H25N3O2. The third-order valence-corrected chi connectivity index (χ3v) is 2.82. The van der Waals surface area contributed by atoms with Gasteiger partial charge in [-0.25, -0.2) is 0 Å². The largest absolute Gasteiger partial charge is 0.396 e. The Morgan fingerprint density at radius 2 is 2.18 bits per heavy atom. The van der Waals surface area contributed by atoms with Crippen molar-refractivity contribution in [2.75, 3.05) is 13.2 Å². The van der Waals surface area contributed by atoms with Crippen LogP contribution >= 0.6 is 0 Å². The number of aliphatic hydroxyl groups excluding tert-OH is 1. The van der Waals surface area contributed by atoms with Crippen molar-refractivity contribution >= 4 is 12.1 Å². The first-order chi connectivity index (χ1) is 7.94. The van der Waals surface area contributed by atoms with E-state index in [1.807, 2.05) is 13.8 Å². The molecule has 0 rings (SSSR count). The maximum Gasteiger partial charge on any atom is 0.225 e. The molecule has 1 unspecified atom stereocenters. The molecule has 0 spiro atoms. The molecular weight excluding hydrogens is 218 g/mol. The van der Waals surface area contributed by atoms with E-state index in [4.69, 9.17) is 16.2 Å². The number of aliphatic hydroxyl groups is 1. The van der Waals surface area contributed by atoms with Crippen molar-refractivity contribution in [2.24, 2.45) is 11.1 Å². The van der Waals surface area contributed by atoms with E-state index in [1.165, 1.54) is 6.21 Å². The van der Waals surface area contributed by atoms with E-state index in [-0.39, 0.29) is 18.6 Å². The molecule has 0 aromatic heterocycles. The van der Waals surface area contributed by atoms with Crippen LogP contribution < -0.4 is 11.1 Å². The van der Waals surface area contributed by atoms with Crippen LogP contribution in [0.3, 0.4) is 0 Å². The van der Waals surface area contributed by atoms with Gasteiger partial charge in [-0.2, -0.15) is 0 Å². The summed E-state index contributed by atoms with van der Waals surface area (Å²) in [5.41, 5.74) is 5.05. The zero-order valence-corrected chi connectivity index (χ0v) is 10.8. The van der Waals surface area contributed by atoms with Gasteiger partial charge in [0.25, 0.3) is 0 Å². The van der Waals surface area contributed by atoms with Crippen molar-refractivity contribution in [3.8, 4) is 0 Å². The van der Waals surface area contributed by atoms with Gasteiger partial charge >= 0.3 is 0 Å². The first-order valence-corrected chi connectivity index (χ1v) is 6.09. The molecule has 0 fully saturated rings. The van der Waals surface area contributed by atoms with Gasteiger partial charge in [-0.05, 0) is 25.7 Å². The van der Waals surface area contributed by atoms with Crippen LogP contribution in [0.25, 0.3) is 0 Å². The summed E-state index contributed by atoms with van der Waals surface area (Å²) >= 11 is 0. The summed E-state index contributed by atoms with van der Waals surface area (Å²) in [4.78, 5) is 11.7. The van der Waals surface area contributed by atoms with Crippen LogP contribution in [-0.4, -0.2) is 36.4 Å². The molecule has 0 aromatic carbocycles. The molecule has 100 valence electrons. The standard InChI is InChI=1S/C12H25N3O2/c1-12(2,6-8-16)11(17)15-7-4-3-5-10(14)9-13/h9-10,13,16H,3-8,14H2,1-2H3,(H,15,17). The molecule has 5 heteroatoms. The van der Waals surface area contributed by atoms with Crippen molar-refractivity contribution < 1.29 is 9.90 Å². The number of nitrogens with one attached hydrogen (secondary N) is 2. The maximum absolute atomic E-state index is 11.7. The number of hydrogen-bond donors (Lipinski definition) is 4. The van der Waals surface area contributed by atoms with Crippen LogP contribution in [0.2, 0.25) is 0 Å². The van der Waals surface area contributed by atoms with Crippen molar-refractivity contribution in [2.45, 2.75) is 45.6 Å². The molecule has 0 aromatic rings. The van der Waals surface area contributed by atoms with E-state index in [2.05, 4.69) is 5.32 Å². The fraction of sp³-hybridized carbons (Fsp3) is 0.833. The van der Waals surface area contributed by atoms with Gasteiger partial charge in [0.05, 0.1) is 0 Å². The Labute approximate surface area is 103 Å². The van der Waals surface area contributed by atoms with Gasteiger partial charge in [0.1, 0.15) is 0 Å². The zero-order valence-electron chi connectivity index (χ0n) is 10.8. The monoisotopic (exact) mass is 243 g/mol. The minimum absolute atomic E-state index is 0.0224. The normalized spacial score (nSPS) is 13.2. The number of rotatable bonds is 9. The number of amides is 1. The lowest BCUT2D eigenvalue weighted by Crippen LogP contribution is -2.38. The van der Waals surface area contributed by atoms with E-state index >= 15 is 0 Å². The molecule has 0 bridgehead atoms. The number of unbranched alkanes of at least 4 members (excludes halogenated alkanes) is 1. The van der Waals surface area contributed by atoms with Gasteiger partial charge < -0.3 is 21.6 Å². The first-order valence-electron chi connectivity index (χ1n) is 6.09. The SMILES string of the molecule is CC(C)(CCO)C(=O)NCCCCC(N)C=N. The molecule has 0 radical (unpaired) electrons. The van der Waals surface area contributed by atoms with Gasteiger partial charge in [0, 0.05) is 30.8 Å². The van der Waals surface area contributed by atoms with Crippen LogP contribution in [0.5, 0.6) is 0 Å². The molecule has 0 heterocycles. The minimum atomic E-state index is -0.514. The zero-order chi connectivity index (χ0) is 13.3. The molecule has 5 nitrogen and oxygen atoms in total. The Morgan fingerprint density at radius 3 is 2.71 bits per heavy atom. The third-order valence-electron chi connectivity index (χ3n) is 2.82. The van der Waals surface area contributed by atoms with Gasteiger partial charge in [0.2, 0.25) is 5.91 Å². The molecule has 17 heavy (non-hydrogen) atoms. The average Bonchev–Trinajstić information content (AvgIpc) is 2.27. The summed E-state index contributed by atoms with van der Waals surface area (Å²) in [6.45, 7) is 4.29. The van der Waals surface area contributed by atoms with Crippen LogP contribution in [0.1, 0.15) is 39.5 Å². The summed E-state index contributed by atoms with van der Waals surface area (Å²) in [6, 6.07) is -0.170. The van der Waals surface area contributed by atoms with Gasteiger partial charge in [-0.15, -0.1) is 0 Å². The van der Waals surface area contributed by atoms with Crippen molar-refractivity contribution in [3.05, 3.63) is 0 Å². The van der Waals surface area contributed by atoms with E-state index in [0.717, 1.165) is 19.3 Å². The number of nitrogens with two attached hydrogens (primary N) is 1. The fourth-order valence-corrected chi connectivity index (χ4v) is 1.42. The molecule has 0 saturated heterocycles. The summed E-state index contributed by atoms with van der Waals surface area (Å²) in [6.07, 6.45) is 4.25. The summed E-state index contributed by atoms with van der Waals surface area (Å²) in [7, 11) is 0. The van der Waals surface area contributed by atoms with E-state index in [0.29, 0.717) is 13.0 Å². The van der Waals surface area contributed by atoms with Crippen LogP contribution in [0, 0.1) is 10.8 Å². The van der Waals surface area contributed by atoms with Gasteiger partial charge in [-0.1, -0.05) is 13.8 Å². The van der Waals surface area contributed by atoms with Crippen molar-refractivity contribution in [1.82, 2.24) is 5.32 Å². The lowest BCUT2D eigenvalue weighted by molar-refractivity contribution is -0.130. The van der Waals surface area contributed by atoms with Crippen molar-refractivity contribution in [3.63, 3.8) is 0 Å². The molecule has 0 aliphatic heterocycles. The third kappa shape index (κ3) is 7.07. The van der Waals surface area contributed by atoms with Gasteiger partial charge in [-0.3, -0.25) is 4.79 Å². The molecule has 1 atom stereocenters. The minimum Gasteiger partial charge on any atom is -0.396 e. The second-order valence-electron chi connectivity index (χ2n) is 4.94. The van der Waals surface area contributed by atoms with Crippen LogP contribution in [0.15, 0.2) is 0 Å². The lowest BCUT2D eigenvalue weighted by Gasteiger charge is -2.22. The highest BCUT2D eigenvalue weighted by Crippen LogP contribution is 2.19. The van der Waals surface area contributed by atoms with Crippen molar-refractivity contribution in [1.29, 1.82) is 5.41 Å². The number of carbonyl (C=O) groups is 1. The Kier molecular flexibility index (Phi) is 7.74. The van der Waals surface area contributed by atoms with Crippen LogP contribution in [-0.2, 0) is 4.79 Å². The quantitative estimate of drug-likeness (QED) is 0.353. The van der Waals surface area contributed by atoms with E-state index < -0.39 is 5.41 Å². The summed E-state index contributed by atoms with van der Waals surface area (Å²) < 4.78 is 0. The number of carbonyl (C=O) groups excluding carboxylic acids is 1. The Hall–Kier alpha value is -0.940. The number of hydrogen-bond acceptors (Lipinski definition) is 4. The Bertz CT molecular complexity index is 242. The topological polar surface area (TPSA) is 99.2 Å². The average molecular weight is 243 g/mol. The second-order valence-corrected chi connectivity index (χ2v) is 4.94. The second kappa shape index (κ2) is 8.20. The van der Waals surface area contributed by atoms with E-state index in [1.54, 1.807) is 0 Å². The highest BCUT2D eigenvalue weighted by molar-refractivity contribution is 5.81. The highest BCUT2D eigenvalue weighted by Gasteiger charge is 2.26.